The maximum absolute atomic E-state index is 13.7. The summed E-state index contributed by atoms with van der Waals surface area (Å²) in [6, 6.07) is 12.4. The van der Waals surface area contributed by atoms with Crippen LogP contribution in [0.1, 0.15) is 29.9 Å². The topological polar surface area (TPSA) is 43.1 Å². The first-order valence-corrected chi connectivity index (χ1v) is 8.54. The smallest absolute Gasteiger partial charge is 0.224 e. The van der Waals surface area contributed by atoms with Crippen LogP contribution in [0.25, 0.3) is 0 Å². The molecule has 0 saturated carbocycles. The lowest BCUT2D eigenvalue weighted by atomic mass is 9.92. The molecule has 0 bridgehead atoms. The highest BCUT2D eigenvalue weighted by Crippen LogP contribution is 2.25. The van der Waals surface area contributed by atoms with Crippen LogP contribution in [0.3, 0.4) is 0 Å². The molecule has 0 heterocycles. The average molecular weight is 429 g/mol. The SMILES string of the molecule is NC(=O)C(CCCc1cc(Br)ccc1F)c1ccc(Br)cc1. The molecule has 0 spiro atoms. The van der Waals surface area contributed by atoms with Gasteiger partial charge in [-0.2, -0.15) is 0 Å². The number of halogens is 3. The molecule has 0 saturated heterocycles. The van der Waals surface area contributed by atoms with Crippen LogP contribution in [-0.2, 0) is 11.2 Å². The van der Waals surface area contributed by atoms with Crippen LogP contribution in [0.15, 0.2) is 51.4 Å². The summed E-state index contributed by atoms with van der Waals surface area (Å²) in [6.45, 7) is 0. The predicted molar refractivity (Wildman–Crippen MR) is 93.1 cm³/mol. The molecule has 2 aromatic carbocycles. The highest BCUT2D eigenvalue weighted by atomic mass is 79.9. The second-order valence-electron chi connectivity index (χ2n) is 5.13. The normalized spacial score (nSPS) is 12.1. The molecule has 2 N–H and O–H groups in total. The van der Waals surface area contributed by atoms with Crippen molar-refractivity contribution in [2.45, 2.75) is 25.2 Å². The van der Waals surface area contributed by atoms with Crippen LogP contribution in [-0.4, -0.2) is 5.91 Å². The fraction of sp³-hybridized carbons (Fsp3) is 0.235. The van der Waals surface area contributed by atoms with Gasteiger partial charge in [-0.1, -0.05) is 44.0 Å². The third kappa shape index (κ3) is 4.65. The summed E-state index contributed by atoms with van der Waals surface area (Å²) in [5.41, 5.74) is 7.05. The van der Waals surface area contributed by atoms with E-state index in [1.165, 1.54) is 6.07 Å². The maximum Gasteiger partial charge on any atom is 0.224 e. The van der Waals surface area contributed by atoms with E-state index in [9.17, 15) is 9.18 Å². The minimum Gasteiger partial charge on any atom is -0.369 e. The van der Waals surface area contributed by atoms with Crippen molar-refractivity contribution in [1.29, 1.82) is 0 Å². The van der Waals surface area contributed by atoms with Crippen LogP contribution in [0.4, 0.5) is 4.39 Å². The summed E-state index contributed by atoms with van der Waals surface area (Å²) in [7, 11) is 0. The summed E-state index contributed by atoms with van der Waals surface area (Å²) in [5.74, 6) is -0.914. The minimum absolute atomic E-state index is 0.220. The zero-order chi connectivity index (χ0) is 16.1. The number of amides is 1. The van der Waals surface area contributed by atoms with Crippen LogP contribution >= 0.6 is 31.9 Å². The molecule has 1 atom stereocenters. The Morgan fingerprint density at radius 2 is 1.73 bits per heavy atom. The molecule has 2 aromatic rings. The van der Waals surface area contributed by atoms with Gasteiger partial charge in [-0.05, 0) is 60.7 Å². The molecule has 116 valence electrons. The van der Waals surface area contributed by atoms with E-state index in [0.717, 1.165) is 14.5 Å². The molecule has 0 aliphatic heterocycles. The van der Waals surface area contributed by atoms with Gasteiger partial charge in [0.2, 0.25) is 5.91 Å². The Hall–Kier alpha value is -1.20. The van der Waals surface area contributed by atoms with Gasteiger partial charge in [-0.25, -0.2) is 4.39 Å². The molecule has 0 aliphatic carbocycles. The Bertz CT molecular complexity index is 658. The largest absolute Gasteiger partial charge is 0.369 e. The van der Waals surface area contributed by atoms with E-state index in [2.05, 4.69) is 31.9 Å². The molecule has 0 radical (unpaired) electrons. The van der Waals surface area contributed by atoms with E-state index in [-0.39, 0.29) is 17.6 Å². The fourth-order valence-corrected chi connectivity index (χ4v) is 3.07. The first-order valence-electron chi connectivity index (χ1n) is 6.96. The number of primary amides is 1. The lowest BCUT2D eigenvalue weighted by molar-refractivity contribution is -0.119. The van der Waals surface area contributed by atoms with E-state index in [0.29, 0.717) is 24.8 Å². The number of benzene rings is 2. The lowest BCUT2D eigenvalue weighted by Crippen LogP contribution is -2.21. The van der Waals surface area contributed by atoms with Gasteiger partial charge in [0, 0.05) is 8.95 Å². The van der Waals surface area contributed by atoms with E-state index in [1.807, 2.05) is 24.3 Å². The Labute approximate surface area is 146 Å². The highest BCUT2D eigenvalue weighted by Gasteiger charge is 2.17. The van der Waals surface area contributed by atoms with Gasteiger partial charge in [0.25, 0.3) is 0 Å². The molecule has 1 unspecified atom stereocenters. The summed E-state index contributed by atoms with van der Waals surface area (Å²) < 4.78 is 15.5. The van der Waals surface area contributed by atoms with Crippen LogP contribution < -0.4 is 5.73 Å². The van der Waals surface area contributed by atoms with Gasteiger partial charge >= 0.3 is 0 Å². The molecule has 22 heavy (non-hydrogen) atoms. The zero-order valence-corrected chi connectivity index (χ0v) is 15.0. The number of aryl methyl sites for hydroxylation is 1. The molecular formula is C17H16Br2FNO. The maximum atomic E-state index is 13.7. The van der Waals surface area contributed by atoms with Crippen molar-refractivity contribution >= 4 is 37.8 Å². The number of carbonyl (C=O) groups excluding carboxylic acids is 1. The van der Waals surface area contributed by atoms with Crippen molar-refractivity contribution < 1.29 is 9.18 Å². The van der Waals surface area contributed by atoms with Gasteiger partial charge in [0.15, 0.2) is 0 Å². The summed E-state index contributed by atoms with van der Waals surface area (Å²) in [4.78, 5) is 11.7. The number of hydrogen-bond donors (Lipinski definition) is 1. The van der Waals surface area contributed by atoms with Crippen molar-refractivity contribution in [3.8, 4) is 0 Å². The summed E-state index contributed by atoms with van der Waals surface area (Å²) >= 11 is 6.71. The van der Waals surface area contributed by atoms with Gasteiger partial charge in [0.1, 0.15) is 5.82 Å². The standard InChI is InChI=1S/C17H16Br2FNO/c18-13-6-4-11(5-7-13)15(17(21)22)3-1-2-12-10-14(19)8-9-16(12)20/h4-10,15H,1-3H2,(H2,21,22). The average Bonchev–Trinajstić information content (AvgIpc) is 2.48. The molecule has 0 fully saturated rings. The zero-order valence-electron chi connectivity index (χ0n) is 11.9. The summed E-state index contributed by atoms with van der Waals surface area (Å²) in [5, 5.41) is 0. The molecule has 1 amide bonds. The number of carbonyl (C=O) groups is 1. The van der Waals surface area contributed by atoms with E-state index in [4.69, 9.17) is 5.73 Å². The first-order chi connectivity index (χ1) is 10.5. The lowest BCUT2D eigenvalue weighted by Gasteiger charge is -2.14. The molecule has 2 rings (SSSR count). The van der Waals surface area contributed by atoms with Gasteiger partial charge in [0.05, 0.1) is 5.92 Å². The number of nitrogens with two attached hydrogens (primary N) is 1. The minimum atomic E-state index is -0.350. The number of rotatable bonds is 6. The van der Waals surface area contributed by atoms with Crippen LogP contribution in [0, 0.1) is 5.82 Å². The van der Waals surface area contributed by atoms with Gasteiger partial charge < -0.3 is 5.73 Å². The molecular weight excluding hydrogens is 413 g/mol. The third-order valence-electron chi connectivity index (χ3n) is 3.56. The first kappa shape index (κ1) is 17.2. The predicted octanol–water partition coefficient (Wildman–Crippen LogP) is 4.94. The van der Waals surface area contributed by atoms with Crippen LogP contribution in [0.5, 0.6) is 0 Å². The van der Waals surface area contributed by atoms with Gasteiger partial charge in [-0.3, -0.25) is 4.79 Å². The Morgan fingerprint density at radius 3 is 2.36 bits per heavy atom. The van der Waals surface area contributed by atoms with E-state index in [1.54, 1.807) is 12.1 Å². The van der Waals surface area contributed by atoms with E-state index >= 15 is 0 Å². The van der Waals surface area contributed by atoms with E-state index < -0.39 is 0 Å². The van der Waals surface area contributed by atoms with Crippen LogP contribution in [0.2, 0.25) is 0 Å². The van der Waals surface area contributed by atoms with Gasteiger partial charge in [-0.15, -0.1) is 0 Å². The second-order valence-corrected chi connectivity index (χ2v) is 6.97. The van der Waals surface area contributed by atoms with Crippen molar-refractivity contribution in [2.75, 3.05) is 0 Å². The highest BCUT2D eigenvalue weighted by molar-refractivity contribution is 9.10. The van der Waals surface area contributed by atoms with Crippen molar-refractivity contribution in [1.82, 2.24) is 0 Å². The monoisotopic (exact) mass is 427 g/mol. The van der Waals surface area contributed by atoms with Crippen molar-refractivity contribution in [2.24, 2.45) is 5.73 Å². The van der Waals surface area contributed by atoms with Crippen molar-refractivity contribution in [3.05, 3.63) is 68.4 Å². The summed E-state index contributed by atoms with van der Waals surface area (Å²) in [6.07, 6.45) is 1.87. The molecule has 5 heteroatoms. The Morgan fingerprint density at radius 1 is 1.09 bits per heavy atom. The second kappa shape index (κ2) is 7.88. The Kier molecular flexibility index (Phi) is 6.15. The van der Waals surface area contributed by atoms with Crippen molar-refractivity contribution in [3.63, 3.8) is 0 Å². The third-order valence-corrected chi connectivity index (χ3v) is 4.58. The molecule has 2 nitrogen and oxygen atoms in total. The molecule has 0 aliphatic rings. The Balaban J connectivity index is 2.02. The fourth-order valence-electron chi connectivity index (χ4n) is 2.40. The quantitative estimate of drug-likeness (QED) is 0.695. The molecule has 0 aromatic heterocycles. The number of hydrogen-bond acceptors (Lipinski definition) is 1.